The first-order valence-corrected chi connectivity index (χ1v) is 5.36. The number of nitrogens with one attached hydrogen (secondary N) is 1. The van der Waals surface area contributed by atoms with Crippen LogP contribution < -0.4 is 5.32 Å². The first kappa shape index (κ1) is 9.71. The van der Waals surface area contributed by atoms with Crippen LogP contribution in [0.15, 0.2) is 0 Å². The van der Waals surface area contributed by atoms with Crippen molar-refractivity contribution < 1.29 is 0 Å². The standard InChI is InChI=1S/C8H14ClN5/c1-14-7(11-12-13-14)10-8(6-9)4-2-3-5-8/h2-6H2,1H3,(H,10,11,13). The van der Waals surface area contributed by atoms with Gasteiger partial charge in [-0.1, -0.05) is 17.9 Å². The molecule has 0 bridgehead atoms. The average Bonchev–Trinajstić information content (AvgIpc) is 2.79. The highest BCUT2D eigenvalue weighted by Gasteiger charge is 2.34. The van der Waals surface area contributed by atoms with Crippen LogP contribution in [0.5, 0.6) is 0 Å². The summed E-state index contributed by atoms with van der Waals surface area (Å²) in [5.41, 5.74) is 0.00400. The van der Waals surface area contributed by atoms with Crippen LogP contribution in [-0.2, 0) is 7.05 Å². The summed E-state index contributed by atoms with van der Waals surface area (Å²) in [7, 11) is 1.82. The molecular formula is C8H14ClN5. The third-order valence-corrected chi connectivity index (χ3v) is 3.33. The average molecular weight is 216 g/mol. The number of hydrogen-bond acceptors (Lipinski definition) is 4. The molecule has 1 heterocycles. The van der Waals surface area contributed by atoms with E-state index >= 15 is 0 Å². The Morgan fingerprint density at radius 2 is 2.21 bits per heavy atom. The molecule has 1 aliphatic rings. The fraction of sp³-hybridized carbons (Fsp3) is 0.875. The molecule has 14 heavy (non-hydrogen) atoms. The summed E-state index contributed by atoms with van der Waals surface area (Å²) in [4.78, 5) is 0. The third-order valence-electron chi connectivity index (χ3n) is 2.81. The molecule has 6 heteroatoms. The van der Waals surface area contributed by atoms with Gasteiger partial charge in [0.2, 0.25) is 5.95 Å². The second-order valence-electron chi connectivity index (χ2n) is 3.87. The summed E-state index contributed by atoms with van der Waals surface area (Å²) in [6, 6.07) is 0. The van der Waals surface area contributed by atoms with Crippen molar-refractivity contribution in [2.24, 2.45) is 7.05 Å². The van der Waals surface area contributed by atoms with Crippen molar-refractivity contribution in [1.29, 1.82) is 0 Å². The van der Waals surface area contributed by atoms with E-state index in [4.69, 9.17) is 11.6 Å². The van der Waals surface area contributed by atoms with Crippen molar-refractivity contribution in [3.8, 4) is 0 Å². The highest BCUT2D eigenvalue weighted by atomic mass is 35.5. The fourth-order valence-corrected chi connectivity index (χ4v) is 2.25. The zero-order valence-corrected chi connectivity index (χ0v) is 8.96. The van der Waals surface area contributed by atoms with Crippen LogP contribution in [0.1, 0.15) is 25.7 Å². The predicted octanol–water partition coefficient (Wildman–Crippen LogP) is 1.17. The molecule has 0 aromatic carbocycles. The van der Waals surface area contributed by atoms with Crippen LogP contribution >= 0.6 is 11.6 Å². The lowest BCUT2D eigenvalue weighted by molar-refractivity contribution is 0.529. The summed E-state index contributed by atoms with van der Waals surface area (Å²) < 4.78 is 1.63. The maximum absolute atomic E-state index is 5.99. The molecule has 0 unspecified atom stereocenters. The van der Waals surface area contributed by atoms with Crippen LogP contribution in [0.3, 0.4) is 0 Å². The van der Waals surface area contributed by atoms with Crippen molar-refractivity contribution >= 4 is 17.5 Å². The smallest absolute Gasteiger partial charge is 0.243 e. The largest absolute Gasteiger partial charge is 0.346 e. The molecule has 1 aromatic rings. The van der Waals surface area contributed by atoms with E-state index in [1.54, 1.807) is 4.68 Å². The topological polar surface area (TPSA) is 55.6 Å². The van der Waals surface area contributed by atoms with Gasteiger partial charge in [-0.25, -0.2) is 4.68 Å². The number of alkyl halides is 1. The minimum absolute atomic E-state index is 0.00400. The Kier molecular flexibility index (Phi) is 2.58. The van der Waals surface area contributed by atoms with Gasteiger partial charge >= 0.3 is 0 Å². The summed E-state index contributed by atoms with van der Waals surface area (Å²) in [6.45, 7) is 0. The summed E-state index contributed by atoms with van der Waals surface area (Å²) in [5, 5.41) is 14.6. The van der Waals surface area contributed by atoms with E-state index in [1.807, 2.05) is 7.05 Å². The van der Waals surface area contributed by atoms with E-state index < -0.39 is 0 Å². The van der Waals surface area contributed by atoms with Crippen LogP contribution in [0.25, 0.3) is 0 Å². The Labute approximate surface area is 87.8 Å². The molecule has 78 valence electrons. The zero-order chi connectivity index (χ0) is 10.0. The van der Waals surface area contributed by atoms with Gasteiger partial charge in [-0.3, -0.25) is 0 Å². The summed E-state index contributed by atoms with van der Waals surface area (Å²) >= 11 is 5.99. The van der Waals surface area contributed by atoms with Gasteiger partial charge in [0.25, 0.3) is 0 Å². The number of halogens is 1. The van der Waals surface area contributed by atoms with Crippen LogP contribution in [0, 0.1) is 0 Å². The Morgan fingerprint density at radius 3 is 2.71 bits per heavy atom. The molecule has 0 saturated heterocycles. The lowest BCUT2D eigenvalue weighted by atomic mass is 10.0. The molecule has 1 fully saturated rings. The minimum Gasteiger partial charge on any atom is -0.346 e. The Hall–Kier alpha value is -0.840. The van der Waals surface area contributed by atoms with Crippen molar-refractivity contribution in [2.75, 3.05) is 11.2 Å². The van der Waals surface area contributed by atoms with E-state index in [-0.39, 0.29) is 5.54 Å². The second kappa shape index (κ2) is 3.73. The number of aryl methyl sites for hydroxylation is 1. The quantitative estimate of drug-likeness (QED) is 0.770. The van der Waals surface area contributed by atoms with Crippen molar-refractivity contribution in [3.05, 3.63) is 0 Å². The lowest BCUT2D eigenvalue weighted by Gasteiger charge is -2.27. The normalized spacial score (nSPS) is 19.9. The van der Waals surface area contributed by atoms with Crippen molar-refractivity contribution in [1.82, 2.24) is 20.2 Å². The van der Waals surface area contributed by atoms with Crippen LogP contribution in [-0.4, -0.2) is 31.6 Å². The number of nitrogens with zero attached hydrogens (tertiary/aromatic N) is 4. The molecule has 1 aromatic heterocycles. The second-order valence-corrected chi connectivity index (χ2v) is 4.14. The highest BCUT2D eigenvalue weighted by molar-refractivity contribution is 6.18. The van der Waals surface area contributed by atoms with Gasteiger partial charge < -0.3 is 5.32 Å². The molecule has 0 spiro atoms. The predicted molar refractivity (Wildman–Crippen MR) is 54.3 cm³/mol. The van der Waals surface area contributed by atoms with Gasteiger partial charge in [0.05, 0.1) is 5.54 Å². The molecule has 0 atom stereocenters. The Morgan fingerprint density at radius 1 is 1.50 bits per heavy atom. The van der Waals surface area contributed by atoms with Crippen molar-refractivity contribution in [2.45, 2.75) is 31.2 Å². The molecule has 0 radical (unpaired) electrons. The number of anilines is 1. The van der Waals surface area contributed by atoms with Gasteiger partial charge in [-0.05, 0) is 23.3 Å². The molecule has 0 amide bonds. The molecule has 0 aliphatic heterocycles. The molecule has 2 rings (SSSR count). The molecule has 1 aliphatic carbocycles. The van der Waals surface area contributed by atoms with E-state index in [2.05, 4.69) is 20.8 Å². The summed E-state index contributed by atoms with van der Waals surface area (Å²) in [5.74, 6) is 1.31. The minimum atomic E-state index is 0.00400. The molecule has 5 nitrogen and oxygen atoms in total. The number of aromatic nitrogens is 4. The molecule has 1 saturated carbocycles. The van der Waals surface area contributed by atoms with Gasteiger partial charge in [0.15, 0.2) is 0 Å². The SMILES string of the molecule is Cn1nnnc1NC1(CCl)CCCC1. The zero-order valence-electron chi connectivity index (χ0n) is 8.20. The monoisotopic (exact) mass is 215 g/mol. The van der Waals surface area contributed by atoms with E-state index in [0.29, 0.717) is 11.8 Å². The van der Waals surface area contributed by atoms with Crippen LogP contribution in [0.4, 0.5) is 5.95 Å². The third kappa shape index (κ3) is 1.68. The Balaban J connectivity index is 2.12. The van der Waals surface area contributed by atoms with E-state index in [0.717, 1.165) is 12.8 Å². The maximum atomic E-state index is 5.99. The number of hydrogen-bond donors (Lipinski definition) is 1. The van der Waals surface area contributed by atoms with Crippen molar-refractivity contribution in [3.63, 3.8) is 0 Å². The lowest BCUT2D eigenvalue weighted by Crippen LogP contribution is -2.38. The van der Waals surface area contributed by atoms with Gasteiger partial charge in [0, 0.05) is 12.9 Å². The first-order valence-electron chi connectivity index (χ1n) is 4.82. The van der Waals surface area contributed by atoms with E-state index in [1.165, 1.54) is 12.8 Å². The fourth-order valence-electron chi connectivity index (χ4n) is 1.92. The van der Waals surface area contributed by atoms with E-state index in [9.17, 15) is 0 Å². The first-order chi connectivity index (χ1) is 6.76. The summed E-state index contributed by atoms with van der Waals surface area (Å²) in [6.07, 6.45) is 4.66. The maximum Gasteiger partial charge on any atom is 0.243 e. The molecular weight excluding hydrogens is 202 g/mol. The van der Waals surface area contributed by atoms with Gasteiger partial charge in [-0.15, -0.1) is 11.6 Å². The number of tetrazole rings is 1. The number of rotatable bonds is 3. The molecule has 1 N–H and O–H groups in total. The Bertz CT molecular complexity index is 304. The van der Waals surface area contributed by atoms with Crippen LogP contribution in [0.2, 0.25) is 0 Å². The van der Waals surface area contributed by atoms with Gasteiger partial charge in [0.1, 0.15) is 0 Å². The highest BCUT2D eigenvalue weighted by Crippen LogP contribution is 2.33. The van der Waals surface area contributed by atoms with Gasteiger partial charge in [-0.2, -0.15) is 0 Å².